The molecule has 1 N–H and O–H groups in total. The van der Waals surface area contributed by atoms with Crippen LogP contribution >= 0.6 is 15.9 Å². The number of methoxy groups -OCH3 is 1. The highest BCUT2D eigenvalue weighted by Crippen LogP contribution is 2.27. The first-order valence-electron chi connectivity index (χ1n) is 6.35. The van der Waals surface area contributed by atoms with Crippen LogP contribution in [0.15, 0.2) is 34.9 Å². The zero-order valence-corrected chi connectivity index (χ0v) is 13.7. The summed E-state index contributed by atoms with van der Waals surface area (Å²) in [6.07, 6.45) is 1.84. The quantitative estimate of drug-likeness (QED) is 0.920. The summed E-state index contributed by atoms with van der Waals surface area (Å²) in [6, 6.07) is 6.84. The summed E-state index contributed by atoms with van der Waals surface area (Å²) in [7, 11) is 5.06. The average molecular weight is 353 g/mol. The Bertz CT molecular complexity index is 667. The molecule has 0 saturated carbocycles. The number of hydrogen-bond acceptors (Lipinski definition) is 3. The van der Waals surface area contributed by atoms with E-state index in [1.54, 1.807) is 40.8 Å². The molecule has 0 aliphatic carbocycles. The maximum absolute atomic E-state index is 12.4. The van der Waals surface area contributed by atoms with Crippen molar-refractivity contribution in [1.82, 2.24) is 9.47 Å². The number of phenolic OH excluding ortho intramolecular Hbond substituents is 1. The first-order chi connectivity index (χ1) is 9.92. The van der Waals surface area contributed by atoms with Crippen molar-refractivity contribution in [3.8, 4) is 11.5 Å². The lowest BCUT2D eigenvalue weighted by Crippen LogP contribution is -2.27. The lowest BCUT2D eigenvalue weighted by Gasteiger charge is -2.18. The van der Waals surface area contributed by atoms with Crippen molar-refractivity contribution in [2.45, 2.75) is 6.54 Å². The fourth-order valence-electron chi connectivity index (χ4n) is 2.10. The molecule has 0 unspecified atom stereocenters. The summed E-state index contributed by atoms with van der Waals surface area (Å²) < 4.78 is 7.72. The number of benzene rings is 1. The van der Waals surface area contributed by atoms with E-state index in [1.807, 2.05) is 13.2 Å². The Morgan fingerprint density at radius 3 is 2.71 bits per heavy atom. The molecule has 0 saturated heterocycles. The van der Waals surface area contributed by atoms with Crippen LogP contribution in [-0.2, 0) is 13.6 Å². The number of aromatic hydroxyl groups is 1. The Balaban J connectivity index is 2.16. The van der Waals surface area contributed by atoms with Gasteiger partial charge >= 0.3 is 0 Å². The third-order valence-corrected chi connectivity index (χ3v) is 3.63. The van der Waals surface area contributed by atoms with Crippen molar-refractivity contribution >= 4 is 21.8 Å². The number of phenols is 1. The minimum atomic E-state index is -0.0739. The molecule has 6 heteroatoms. The van der Waals surface area contributed by atoms with Gasteiger partial charge in [0.05, 0.1) is 7.11 Å². The predicted octanol–water partition coefficient (Wildman–Crippen LogP) is 2.77. The smallest absolute Gasteiger partial charge is 0.270 e. The second-order valence-corrected chi connectivity index (χ2v) is 5.74. The molecule has 1 aromatic heterocycles. The van der Waals surface area contributed by atoms with Crippen LogP contribution in [0.3, 0.4) is 0 Å². The van der Waals surface area contributed by atoms with Crippen molar-refractivity contribution in [3.05, 3.63) is 46.2 Å². The second-order valence-electron chi connectivity index (χ2n) is 4.82. The molecule has 0 fully saturated rings. The fourth-order valence-corrected chi connectivity index (χ4v) is 2.62. The van der Waals surface area contributed by atoms with Gasteiger partial charge in [-0.15, -0.1) is 0 Å². The van der Waals surface area contributed by atoms with Gasteiger partial charge in [-0.05, 0) is 39.7 Å². The van der Waals surface area contributed by atoms with Gasteiger partial charge in [0.1, 0.15) is 5.69 Å². The highest BCUT2D eigenvalue weighted by Gasteiger charge is 2.16. The molecule has 0 aliphatic heterocycles. The molecule has 112 valence electrons. The highest BCUT2D eigenvalue weighted by atomic mass is 79.9. The molecule has 2 aromatic rings. The van der Waals surface area contributed by atoms with Crippen LogP contribution in [0.5, 0.6) is 11.5 Å². The van der Waals surface area contributed by atoms with Crippen LogP contribution < -0.4 is 4.74 Å². The van der Waals surface area contributed by atoms with E-state index >= 15 is 0 Å². The molecule has 0 spiro atoms. The fraction of sp³-hybridized carbons (Fsp3) is 0.267. The SMILES string of the molecule is COc1cc(CN(C)C(=O)c2cc(Br)cn2C)ccc1O. The van der Waals surface area contributed by atoms with Gasteiger partial charge in [-0.3, -0.25) is 4.79 Å². The molecule has 1 amide bonds. The molecule has 5 nitrogen and oxygen atoms in total. The number of ether oxygens (including phenoxy) is 1. The van der Waals surface area contributed by atoms with E-state index in [2.05, 4.69) is 15.9 Å². The zero-order chi connectivity index (χ0) is 15.6. The van der Waals surface area contributed by atoms with Crippen LogP contribution in [0, 0.1) is 0 Å². The highest BCUT2D eigenvalue weighted by molar-refractivity contribution is 9.10. The van der Waals surface area contributed by atoms with Crippen LogP contribution in [0.2, 0.25) is 0 Å². The largest absolute Gasteiger partial charge is 0.504 e. The Labute approximate surface area is 131 Å². The summed E-state index contributed by atoms with van der Waals surface area (Å²) in [5, 5.41) is 9.58. The minimum absolute atomic E-state index is 0.0739. The van der Waals surface area contributed by atoms with E-state index in [4.69, 9.17) is 4.74 Å². The topological polar surface area (TPSA) is 54.7 Å². The molecule has 2 rings (SSSR count). The maximum atomic E-state index is 12.4. The zero-order valence-electron chi connectivity index (χ0n) is 12.1. The van der Waals surface area contributed by atoms with E-state index in [1.165, 1.54) is 7.11 Å². The number of hydrogen-bond donors (Lipinski definition) is 1. The molecule has 0 aliphatic rings. The number of carbonyl (C=O) groups excluding carboxylic acids is 1. The van der Waals surface area contributed by atoms with E-state index in [0.29, 0.717) is 18.0 Å². The molecular weight excluding hydrogens is 336 g/mol. The summed E-state index contributed by atoms with van der Waals surface area (Å²) in [5.74, 6) is 0.409. The van der Waals surface area contributed by atoms with Crippen molar-refractivity contribution in [1.29, 1.82) is 0 Å². The van der Waals surface area contributed by atoms with Crippen molar-refractivity contribution in [2.75, 3.05) is 14.2 Å². The molecule has 0 radical (unpaired) electrons. The second kappa shape index (κ2) is 6.22. The van der Waals surface area contributed by atoms with Gasteiger partial charge in [-0.1, -0.05) is 6.07 Å². The average Bonchev–Trinajstić information content (AvgIpc) is 2.78. The molecular formula is C15H17BrN2O3. The van der Waals surface area contributed by atoms with Gasteiger partial charge in [-0.2, -0.15) is 0 Å². The van der Waals surface area contributed by atoms with E-state index in [0.717, 1.165) is 10.0 Å². The van der Waals surface area contributed by atoms with E-state index < -0.39 is 0 Å². The first-order valence-corrected chi connectivity index (χ1v) is 7.15. The van der Waals surface area contributed by atoms with Crippen LogP contribution in [0.1, 0.15) is 16.1 Å². The Kier molecular flexibility index (Phi) is 4.57. The summed E-state index contributed by atoms with van der Waals surface area (Å²) >= 11 is 3.36. The lowest BCUT2D eigenvalue weighted by atomic mass is 10.2. The van der Waals surface area contributed by atoms with Crippen LogP contribution in [0.4, 0.5) is 0 Å². The van der Waals surface area contributed by atoms with Gasteiger partial charge in [0.25, 0.3) is 5.91 Å². The minimum Gasteiger partial charge on any atom is -0.504 e. The van der Waals surface area contributed by atoms with Gasteiger partial charge in [0.15, 0.2) is 11.5 Å². The molecule has 1 aromatic carbocycles. The normalized spacial score (nSPS) is 10.5. The third kappa shape index (κ3) is 3.39. The Morgan fingerprint density at radius 1 is 1.43 bits per heavy atom. The molecule has 1 heterocycles. The van der Waals surface area contributed by atoms with Crippen molar-refractivity contribution in [2.24, 2.45) is 7.05 Å². The Hall–Kier alpha value is -1.95. The lowest BCUT2D eigenvalue weighted by molar-refractivity contribution is 0.0775. The number of carbonyl (C=O) groups is 1. The standard InChI is InChI=1S/C15H17BrN2O3/c1-17-9-11(16)7-12(17)15(20)18(2)8-10-4-5-13(19)14(6-10)21-3/h4-7,9,19H,8H2,1-3H3. The third-order valence-electron chi connectivity index (χ3n) is 3.20. The number of nitrogens with zero attached hydrogens (tertiary/aromatic N) is 2. The number of rotatable bonds is 4. The predicted molar refractivity (Wildman–Crippen MR) is 83.6 cm³/mol. The molecule has 0 bridgehead atoms. The number of halogens is 1. The van der Waals surface area contributed by atoms with E-state index in [-0.39, 0.29) is 11.7 Å². The summed E-state index contributed by atoms with van der Waals surface area (Å²) in [4.78, 5) is 14.0. The monoisotopic (exact) mass is 352 g/mol. The summed E-state index contributed by atoms with van der Waals surface area (Å²) in [5.41, 5.74) is 1.49. The first kappa shape index (κ1) is 15.4. The van der Waals surface area contributed by atoms with Crippen LogP contribution in [0.25, 0.3) is 0 Å². The van der Waals surface area contributed by atoms with Crippen molar-refractivity contribution < 1.29 is 14.6 Å². The Morgan fingerprint density at radius 2 is 2.14 bits per heavy atom. The number of aromatic nitrogens is 1. The molecule has 21 heavy (non-hydrogen) atoms. The van der Waals surface area contributed by atoms with Gasteiger partial charge in [0.2, 0.25) is 0 Å². The van der Waals surface area contributed by atoms with Gasteiger partial charge < -0.3 is 19.3 Å². The molecule has 0 atom stereocenters. The number of aryl methyl sites for hydroxylation is 1. The van der Waals surface area contributed by atoms with E-state index in [9.17, 15) is 9.90 Å². The van der Waals surface area contributed by atoms with Crippen LogP contribution in [-0.4, -0.2) is 34.6 Å². The van der Waals surface area contributed by atoms with Gasteiger partial charge in [-0.25, -0.2) is 0 Å². The summed E-state index contributed by atoms with van der Waals surface area (Å²) in [6.45, 7) is 0.429. The maximum Gasteiger partial charge on any atom is 0.270 e. The van der Waals surface area contributed by atoms with Crippen molar-refractivity contribution in [3.63, 3.8) is 0 Å². The number of amides is 1. The van der Waals surface area contributed by atoms with Gasteiger partial charge in [0, 0.05) is 31.3 Å².